The molecule has 4 heteroatoms. The quantitative estimate of drug-likeness (QED) is 0.662. The van der Waals surface area contributed by atoms with Crippen LogP contribution < -0.4 is 5.32 Å². The SMILES string of the molecule is CCOCC(C)Nc1cccc(COCCOC)c1. The van der Waals surface area contributed by atoms with E-state index in [2.05, 4.69) is 30.4 Å². The molecule has 0 spiro atoms. The molecule has 0 aliphatic carbocycles. The van der Waals surface area contributed by atoms with E-state index in [1.54, 1.807) is 7.11 Å². The first-order valence-corrected chi connectivity index (χ1v) is 6.76. The fourth-order valence-corrected chi connectivity index (χ4v) is 1.70. The first-order valence-electron chi connectivity index (χ1n) is 6.76. The van der Waals surface area contributed by atoms with E-state index in [1.807, 2.05) is 13.0 Å². The monoisotopic (exact) mass is 267 g/mol. The van der Waals surface area contributed by atoms with Crippen molar-refractivity contribution in [2.24, 2.45) is 0 Å². The zero-order valence-corrected chi connectivity index (χ0v) is 12.1. The van der Waals surface area contributed by atoms with Gasteiger partial charge in [0.05, 0.1) is 26.4 Å². The van der Waals surface area contributed by atoms with E-state index >= 15 is 0 Å². The van der Waals surface area contributed by atoms with Crippen LogP contribution in [0, 0.1) is 0 Å². The molecule has 1 N–H and O–H groups in total. The van der Waals surface area contributed by atoms with Crippen LogP contribution in [-0.4, -0.2) is 39.6 Å². The van der Waals surface area contributed by atoms with Gasteiger partial charge in [-0.05, 0) is 31.5 Å². The lowest BCUT2D eigenvalue weighted by Gasteiger charge is -2.15. The average Bonchev–Trinajstić information content (AvgIpc) is 2.42. The van der Waals surface area contributed by atoms with Gasteiger partial charge in [-0.1, -0.05) is 12.1 Å². The summed E-state index contributed by atoms with van der Waals surface area (Å²) in [7, 11) is 1.67. The topological polar surface area (TPSA) is 39.7 Å². The summed E-state index contributed by atoms with van der Waals surface area (Å²) >= 11 is 0. The first kappa shape index (κ1) is 16.0. The van der Waals surface area contributed by atoms with Gasteiger partial charge in [0.1, 0.15) is 0 Å². The largest absolute Gasteiger partial charge is 0.382 e. The van der Waals surface area contributed by atoms with Crippen LogP contribution in [-0.2, 0) is 20.8 Å². The van der Waals surface area contributed by atoms with Gasteiger partial charge < -0.3 is 19.5 Å². The average molecular weight is 267 g/mol. The lowest BCUT2D eigenvalue weighted by atomic mass is 10.2. The number of benzene rings is 1. The van der Waals surface area contributed by atoms with E-state index in [4.69, 9.17) is 14.2 Å². The van der Waals surface area contributed by atoms with E-state index in [0.717, 1.165) is 17.9 Å². The minimum absolute atomic E-state index is 0.296. The van der Waals surface area contributed by atoms with Crippen LogP contribution in [0.3, 0.4) is 0 Å². The van der Waals surface area contributed by atoms with Gasteiger partial charge in [-0.2, -0.15) is 0 Å². The summed E-state index contributed by atoms with van der Waals surface area (Å²) in [6.45, 7) is 7.43. The van der Waals surface area contributed by atoms with Crippen LogP contribution in [0.25, 0.3) is 0 Å². The number of methoxy groups -OCH3 is 1. The molecule has 1 aromatic rings. The Balaban J connectivity index is 2.38. The van der Waals surface area contributed by atoms with Gasteiger partial charge in [-0.15, -0.1) is 0 Å². The third-order valence-corrected chi connectivity index (χ3v) is 2.61. The molecule has 0 saturated heterocycles. The molecule has 0 radical (unpaired) electrons. The van der Waals surface area contributed by atoms with Crippen LogP contribution in [0.1, 0.15) is 19.4 Å². The fourth-order valence-electron chi connectivity index (χ4n) is 1.70. The molecule has 0 aliphatic heterocycles. The van der Waals surface area contributed by atoms with Gasteiger partial charge in [0.2, 0.25) is 0 Å². The summed E-state index contributed by atoms with van der Waals surface area (Å²) in [6.07, 6.45) is 0. The molecular weight excluding hydrogens is 242 g/mol. The number of anilines is 1. The highest BCUT2D eigenvalue weighted by molar-refractivity contribution is 5.46. The molecule has 108 valence electrons. The maximum Gasteiger partial charge on any atom is 0.0718 e. The maximum absolute atomic E-state index is 5.51. The summed E-state index contributed by atoms with van der Waals surface area (Å²) in [5.41, 5.74) is 2.25. The van der Waals surface area contributed by atoms with Gasteiger partial charge >= 0.3 is 0 Å². The van der Waals surface area contributed by atoms with Gasteiger partial charge in [0, 0.05) is 25.4 Å². The molecule has 0 bridgehead atoms. The first-order chi connectivity index (χ1) is 9.26. The molecule has 19 heavy (non-hydrogen) atoms. The van der Waals surface area contributed by atoms with Gasteiger partial charge in [-0.25, -0.2) is 0 Å². The zero-order chi connectivity index (χ0) is 13.9. The molecule has 0 aliphatic rings. The fraction of sp³-hybridized carbons (Fsp3) is 0.600. The Morgan fingerprint density at radius 3 is 2.79 bits per heavy atom. The Labute approximate surface area is 116 Å². The Hall–Kier alpha value is -1.10. The number of rotatable bonds is 10. The van der Waals surface area contributed by atoms with E-state index in [-0.39, 0.29) is 0 Å². The van der Waals surface area contributed by atoms with Crippen molar-refractivity contribution in [2.75, 3.05) is 38.9 Å². The van der Waals surface area contributed by atoms with Crippen LogP contribution in [0.2, 0.25) is 0 Å². The van der Waals surface area contributed by atoms with E-state index in [9.17, 15) is 0 Å². The third kappa shape index (κ3) is 7.15. The number of hydrogen-bond acceptors (Lipinski definition) is 4. The molecule has 1 unspecified atom stereocenters. The van der Waals surface area contributed by atoms with Crippen molar-refractivity contribution in [1.82, 2.24) is 0 Å². The van der Waals surface area contributed by atoms with Crippen molar-refractivity contribution in [3.63, 3.8) is 0 Å². The van der Waals surface area contributed by atoms with Crippen molar-refractivity contribution >= 4 is 5.69 Å². The standard InChI is InChI=1S/C15H25NO3/c1-4-18-11-13(2)16-15-7-5-6-14(10-15)12-19-9-8-17-3/h5-7,10,13,16H,4,8-9,11-12H2,1-3H3. The van der Waals surface area contributed by atoms with Crippen molar-refractivity contribution in [3.05, 3.63) is 29.8 Å². The molecule has 4 nitrogen and oxygen atoms in total. The Morgan fingerprint density at radius 2 is 2.05 bits per heavy atom. The summed E-state index contributed by atoms with van der Waals surface area (Å²) in [4.78, 5) is 0. The smallest absolute Gasteiger partial charge is 0.0718 e. The van der Waals surface area contributed by atoms with Gasteiger partial charge in [0.25, 0.3) is 0 Å². The highest BCUT2D eigenvalue weighted by atomic mass is 16.5. The second-order valence-electron chi connectivity index (χ2n) is 4.45. The number of nitrogens with one attached hydrogen (secondary N) is 1. The van der Waals surface area contributed by atoms with Gasteiger partial charge in [0.15, 0.2) is 0 Å². The maximum atomic E-state index is 5.51. The summed E-state index contributed by atoms with van der Waals surface area (Å²) in [6, 6.07) is 8.55. The summed E-state index contributed by atoms with van der Waals surface area (Å²) < 4.78 is 15.8. The minimum atomic E-state index is 0.296. The highest BCUT2D eigenvalue weighted by Gasteiger charge is 2.02. The Morgan fingerprint density at radius 1 is 1.21 bits per heavy atom. The Bertz CT molecular complexity index is 344. The van der Waals surface area contributed by atoms with Crippen molar-refractivity contribution in [2.45, 2.75) is 26.5 Å². The lowest BCUT2D eigenvalue weighted by molar-refractivity contribution is 0.0617. The van der Waals surface area contributed by atoms with Crippen molar-refractivity contribution < 1.29 is 14.2 Å². The van der Waals surface area contributed by atoms with Crippen molar-refractivity contribution in [1.29, 1.82) is 0 Å². The predicted molar refractivity (Wildman–Crippen MR) is 77.6 cm³/mol. The highest BCUT2D eigenvalue weighted by Crippen LogP contribution is 2.12. The molecule has 0 saturated carbocycles. The minimum Gasteiger partial charge on any atom is -0.382 e. The van der Waals surface area contributed by atoms with Crippen LogP contribution in [0.4, 0.5) is 5.69 Å². The number of hydrogen-bond donors (Lipinski definition) is 1. The second-order valence-corrected chi connectivity index (χ2v) is 4.45. The molecule has 1 rings (SSSR count). The van der Waals surface area contributed by atoms with Crippen LogP contribution in [0.5, 0.6) is 0 Å². The van der Waals surface area contributed by atoms with E-state index < -0.39 is 0 Å². The molecule has 1 atom stereocenters. The predicted octanol–water partition coefficient (Wildman–Crippen LogP) is 2.69. The molecule has 0 heterocycles. The summed E-state index contributed by atoms with van der Waals surface area (Å²) in [5, 5.41) is 3.41. The molecular formula is C15H25NO3. The molecule has 1 aromatic carbocycles. The van der Waals surface area contributed by atoms with Gasteiger partial charge in [-0.3, -0.25) is 0 Å². The normalized spacial score (nSPS) is 12.4. The van der Waals surface area contributed by atoms with Crippen molar-refractivity contribution in [3.8, 4) is 0 Å². The summed E-state index contributed by atoms with van der Waals surface area (Å²) in [5.74, 6) is 0. The molecule has 0 fully saturated rings. The van der Waals surface area contributed by atoms with Crippen LogP contribution >= 0.6 is 0 Å². The molecule has 0 amide bonds. The zero-order valence-electron chi connectivity index (χ0n) is 12.1. The Kier molecular flexibility index (Phi) is 8.21. The van der Waals surface area contributed by atoms with E-state index in [1.165, 1.54) is 0 Å². The number of ether oxygens (including phenoxy) is 3. The molecule has 0 aromatic heterocycles. The second kappa shape index (κ2) is 9.78. The lowest BCUT2D eigenvalue weighted by Crippen LogP contribution is -2.21. The van der Waals surface area contributed by atoms with Crippen LogP contribution in [0.15, 0.2) is 24.3 Å². The third-order valence-electron chi connectivity index (χ3n) is 2.61. The van der Waals surface area contributed by atoms with E-state index in [0.29, 0.717) is 32.5 Å².